The van der Waals surface area contributed by atoms with Gasteiger partial charge in [0.1, 0.15) is 5.54 Å². The quantitative estimate of drug-likeness (QED) is 0.778. The van der Waals surface area contributed by atoms with Gasteiger partial charge < -0.3 is 15.7 Å². The van der Waals surface area contributed by atoms with Crippen LogP contribution in [-0.4, -0.2) is 39.5 Å². The lowest BCUT2D eigenvalue weighted by atomic mass is 9.92. The van der Waals surface area contributed by atoms with Crippen LogP contribution in [0.1, 0.15) is 52.9 Å². The minimum Gasteiger partial charge on any atom is -0.479 e. The number of carboxylic acids is 1. The van der Waals surface area contributed by atoms with E-state index in [1.165, 1.54) is 0 Å². The molecule has 0 spiro atoms. The molecule has 1 aliphatic heterocycles. The molecule has 0 saturated carbocycles. The molecular weight excluding hydrogens is 232 g/mol. The number of nitrogens with two attached hydrogens (primary N) is 1. The number of aliphatic carboxylic acids is 1. The summed E-state index contributed by atoms with van der Waals surface area (Å²) in [4.78, 5) is 25.2. The number of amides is 1. The zero-order chi connectivity index (χ0) is 14.0. The summed E-state index contributed by atoms with van der Waals surface area (Å²) < 4.78 is 0. The predicted octanol–water partition coefficient (Wildman–Crippen LogP) is 1.36. The van der Waals surface area contributed by atoms with Gasteiger partial charge in [-0.3, -0.25) is 4.79 Å². The van der Waals surface area contributed by atoms with Gasteiger partial charge in [0.05, 0.1) is 0 Å². The van der Waals surface area contributed by atoms with Gasteiger partial charge in [-0.1, -0.05) is 6.92 Å². The summed E-state index contributed by atoms with van der Waals surface area (Å²) in [6, 6.07) is 0. The van der Waals surface area contributed by atoms with Crippen LogP contribution in [0.5, 0.6) is 0 Å². The minimum absolute atomic E-state index is 0.0877. The Labute approximate surface area is 108 Å². The molecule has 0 aromatic carbocycles. The molecule has 1 saturated heterocycles. The molecule has 1 heterocycles. The number of carboxylic acid groups (broad SMARTS) is 1. The summed E-state index contributed by atoms with van der Waals surface area (Å²) in [6.07, 6.45) is 2.66. The van der Waals surface area contributed by atoms with Gasteiger partial charge in [0.2, 0.25) is 5.91 Å². The van der Waals surface area contributed by atoms with E-state index in [2.05, 4.69) is 0 Å². The summed E-state index contributed by atoms with van der Waals surface area (Å²) in [5.41, 5.74) is 4.47. The van der Waals surface area contributed by atoms with Crippen molar-refractivity contribution in [2.24, 2.45) is 5.73 Å². The number of carbonyl (C=O) groups excluding carboxylic acids is 1. The van der Waals surface area contributed by atoms with Crippen LogP contribution in [0.3, 0.4) is 0 Å². The Kier molecular flexibility index (Phi) is 4.37. The van der Waals surface area contributed by atoms with E-state index in [1.54, 1.807) is 4.90 Å². The number of hydrogen-bond donors (Lipinski definition) is 2. The molecule has 0 aromatic rings. The van der Waals surface area contributed by atoms with Crippen LogP contribution in [0.15, 0.2) is 0 Å². The number of hydrogen-bond acceptors (Lipinski definition) is 3. The SMILES string of the molecule is CCC1(C(=O)O)CCCN1C(=O)CCC(C)(C)N. The van der Waals surface area contributed by atoms with Crippen molar-refractivity contribution in [1.29, 1.82) is 0 Å². The molecular formula is C13H24N2O3. The highest BCUT2D eigenvalue weighted by atomic mass is 16.4. The summed E-state index contributed by atoms with van der Waals surface area (Å²) in [7, 11) is 0. The topological polar surface area (TPSA) is 83.6 Å². The van der Waals surface area contributed by atoms with Crippen LogP contribution in [0.2, 0.25) is 0 Å². The van der Waals surface area contributed by atoms with Gasteiger partial charge in [0.25, 0.3) is 0 Å². The van der Waals surface area contributed by atoms with Gasteiger partial charge >= 0.3 is 5.97 Å². The molecule has 1 fully saturated rings. The summed E-state index contributed by atoms with van der Waals surface area (Å²) in [6.45, 7) is 6.11. The molecule has 0 aliphatic carbocycles. The van der Waals surface area contributed by atoms with E-state index in [4.69, 9.17) is 5.73 Å². The second-order valence-corrected chi connectivity index (χ2v) is 5.83. The molecule has 104 valence electrons. The molecule has 5 heteroatoms. The van der Waals surface area contributed by atoms with Crippen LogP contribution in [0.25, 0.3) is 0 Å². The highest BCUT2D eigenvalue weighted by Gasteiger charge is 2.48. The lowest BCUT2D eigenvalue weighted by molar-refractivity contribution is -0.157. The van der Waals surface area contributed by atoms with Crippen molar-refractivity contribution >= 4 is 11.9 Å². The van der Waals surface area contributed by atoms with Crippen molar-refractivity contribution < 1.29 is 14.7 Å². The second kappa shape index (κ2) is 5.26. The Balaban J connectivity index is 2.75. The predicted molar refractivity (Wildman–Crippen MR) is 69.1 cm³/mol. The molecule has 0 radical (unpaired) electrons. The van der Waals surface area contributed by atoms with Crippen LogP contribution >= 0.6 is 0 Å². The highest BCUT2D eigenvalue weighted by Crippen LogP contribution is 2.33. The van der Waals surface area contributed by atoms with Crippen molar-refractivity contribution in [2.45, 2.75) is 64.0 Å². The van der Waals surface area contributed by atoms with E-state index in [9.17, 15) is 14.7 Å². The van der Waals surface area contributed by atoms with Gasteiger partial charge in [-0.25, -0.2) is 4.79 Å². The van der Waals surface area contributed by atoms with Gasteiger partial charge in [-0.2, -0.15) is 0 Å². The molecule has 0 aromatic heterocycles. The van der Waals surface area contributed by atoms with Crippen LogP contribution in [0.4, 0.5) is 0 Å². The first-order valence-electron chi connectivity index (χ1n) is 6.56. The normalized spacial score (nSPS) is 24.3. The molecule has 3 N–H and O–H groups in total. The molecule has 0 bridgehead atoms. The largest absolute Gasteiger partial charge is 0.479 e. The fourth-order valence-electron chi connectivity index (χ4n) is 2.55. The third-order valence-corrected chi connectivity index (χ3v) is 3.76. The molecule has 1 rings (SSSR count). The number of carbonyl (C=O) groups is 2. The Morgan fingerprint density at radius 3 is 2.50 bits per heavy atom. The first-order chi connectivity index (χ1) is 8.23. The maximum atomic E-state index is 12.2. The van der Waals surface area contributed by atoms with E-state index in [0.29, 0.717) is 32.2 Å². The zero-order valence-electron chi connectivity index (χ0n) is 11.5. The molecule has 1 unspecified atom stereocenters. The number of rotatable bonds is 5. The lowest BCUT2D eigenvalue weighted by Crippen LogP contribution is -2.53. The van der Waals surface area contributed by atoms with E-state index in [-0.39, 0.29) is 5.91 Å². The molecule has 1 aliphatic rings. The van der Waals surface area contributed by atoms with Crippen molar-refractivity contribution in [2.75, 3.05) is 6.54 Å². The van der Waals surface area contributed by atoms with Crippen LogP contribution in [0, 0.1) is 0 Å². The third-order valence-electron chi connectivity index (χ3n) is 3.76. The average molecular weight is 256 g/mol. The van der Waals surface area contributed by atoms with Gasteiger partial charge in [0, 0.05) is 18.5 Å². The van der Waals surface area contributed by atoms with Crippen LogP contribution < -0.4 is 5.73 Å². The Hall–Kier alpha value is -1.10. The van der Waals surface area contributed by atoms with E-state index in [0.717, 1.165) is 6.42 Å². The monoisotopic (exact) mass is 256 g/mol. The average Bonchev–Trinajstić information content (AvgIpc) is 2.69. The standard InChI is InChI=1S/C13H24N2O3/c1-4-13(11(17)18)7-5-9-15(13)10(16)6-8-12(2,3)14/h4-9,14H2,1-3H3,(H,17,18). The minimum atomic E-state index is -0.990. The van der Waals surface area contributed by atoms with Gasteiger partial charge in [-0.05, 0) is 39.5 Å². The fraction of sp³-hybridized carbons (Fsp3) is 0.846. The zero-order valence-corrected chi connectivity index (χ0v) is 11.5. The first-order valence-corrected chi connectivity index (χ1v) is 6.56. The van der Waals surface area contributed by atoms with E-state index >= 15 is 0 Å². The van der Waals surface area contributed by atoms with Crippen LogP contribution in [-0.2, 0) is 9.59 Å². The van der Waals surface area contributed by atoms with E-state index in [1.807, 2.05) is 20.8 Å². The van der Waals surface area contributed by atoms with Crippen molar-refractivity contribution in [3.63, 3.8) is 0 Å². The summed E-state index contributed by atoms with van der Waals surface area (Å²) >= 11 is 0. The van der Waals surface area contributed by atoms with Crippen molar-refractivity contribution in [3.8, 4) is 0 Å². The van der Waals surface area contributed by atoms with E-state index < -0.39 is 17.0 Å². The van der Waals surface area contributed by atoms with Crippen molar-refractivity contribution in [3.05, 3.63) is 0 Å². The summed E-state index contributed by atoms with van der Waals surface area (Å²) in [5.74, 6) is -0.974. The lowest BCUT2D eigenvalue weighted by Gasteiger charge is -2.34. The number of likely N-dealkylation sites (tertiary alicyclic amines) is 1. The Morgan fingerprint density at radius 2 is 2.06 bits per heavy atom. The molecule has 5 nitrogen and oxygen atoms in total. The first kappa shape index (κ1) is 15.0. The van der Waals surface area contributed by atoms with Crippen molar-refractivity contribution in [1.82, 2.24) is 4.90 Å². The van der Waals surface area contributed by atoms with Gasteiger partial charge in [-0.15, -0.1) is 0 Å². The Bertz CT molecular complexity index is 336. The third kappa shape index (κ3) is 3.02. The molecule has 1 atom stereocenters. The summed E-state index contributed by atoms with van der Waals surface area (Å²) in [5, 5.41) is 9.39. The van der Waals surface area contributed by atoms with Gasteiger partial charge in [0.15, 0.2) is 0 Å². The fourth-order valence-corrected chi connectivity index (χ4v) is 2.55. The molecule has 1 amide bonds. The smallest absolute Gasteiger partial charge is 0.329 e. The molecule has 18 heavy (non-hydrogen) atoms. The number of nitrogens with zero attached hydrogens (tertiary/aromatic N) is 1. The maximum Gasteiger partial charge on any atom is 0.329 e. The Morgan fingerprint density at radius 1 is 1.44 bits per heavy atom. The maximum absolute atomic E-state index is 12.2. The second-order valence-electron chi connectivity index (χ2n) is 5.83. The highest BCUT2D eigenvalue weighted by molar-refractivity contribution is 5.87.